The van der Waals surface area contributed by atoms with Gasteiger partial charge in [0.2, 0.25) is 4.77 Å². The largest absolute Gasteiger partial charge is 0.250 e. The highest BCUT2D eigenvalue weighted by molar-refractivity contribution is 7.71. The molecule has 0 aliphatic rings. The topological polar surface area (TPSA) is 46.0 Å². The molecule has 0 saturated carbocycles. The fourth-order valence-corrected chi connectivity index (χ4v) is 3.10. The summed E-state index contributed by atoms with van der Waals surface area (Å²) in [6, 6.07) is 10.2. The Balaban J connectivity index is 2.05. The maximum atomic E-state index is 6.23. The quantitative estimate of drug-likeness (QED) is 0.413. The van der Waals surface area contributed by atoms with Gasteiger partial charge in [0.1, 0.15) is 0 Å². The fourth-order valence-electron chi connectivity index (χ4n) is 1.97. The zero-order valence-electron chi connectivity index (χ0n) is 11.8. The Morgan fingerprint density at radius 2 is 1.67 bits per heavy atom. The molecule has 1 aromatic heterocycles. The molecule has 9 heteroatoms. The summed E-state index contributed by atoms with van der Waals surface area (Å²) in [6.45, 7) is 0. The van der Waals surface area contributed by atoms with Crippen molar-refractivity contribution in [2.45, 2.75) is 0 Å². The molecule has 4 nitrogen and oxygen atoms in total. The molecular formula is C15H8Cl4N4S. The van der Waals surface area contributed by atoms with Gasteiger partial charge in [-0.25, -0.2) is 5.10 Å². The minimum absolute atomic E-state index is 0.317. The van der Waals surface area contributed by atoms with Crippen LogP contribution in [0.4, 0.5) is 0 Å². The summed E-state index contributed by atoms with van der Waals surface area (Å²) < 4.78 is 1.77. The number of rotatable bonds is 3. The summed E-state index contributed by atoms with van der Waals surface area (Å²) in [6.07, 6.45) is 1.57. The molecule has 24 heavy (non-hydrogen) atoms. The van der Waals surface area contributed by atoms with Crippen LogP contribution < -0.4 is 0 Å². The van der Waals surface area contributed by atoms with E-state index in [-0.39, 0.29) is 0 Å². The van der Waals surface area contributed by atoms with Gasteiger partial charge in [0.25, 0.3) is 0 Å². The Bertz CT molecular complexity index is 993. The molecule has 0 bridgehead atoms. The van der Waals surface area contributed by atoms with Gasteiger partial charge in [-0.05, 0) is 42.5 Å². The van der Waals surface area contributed by atoms with E-state index in [9.17, 15) is 0 Å². The summed E-state index contributed by atoms with van der Waals surface area (Å²) in [5.74, 6) is 0.461. The van der Waals surface area contributed by atoms with Crippen LogP contribution in [-0.2, 0) is 0 Å². The van der Waals surface area contributed by atoms with Crippen molar-refractivity contribution in [2.75, 3.05) is 0 Å². The van der Waals surface area contributed by atoms with Crippen molar-refractivity contribution in [3.63, 3.8) is 0 Å². The number of hydrogen-bond acceptors (Lipinski definition) is 3. The van der Waals surface area contributed by atoms with E-state index in [4.69, 9.17) is 58.6 Å². The molecule has 0 fully saturated rings. The van der Waals surface area contributed by atoms with E-state index in [1.54, 1.807) is 42.6 Å². The lowest BCUT2D eigenvalue weighted by molar-refractivity contribution is 0.871. The molecule has 3 aromatic rings. The molecule has 122 valence electrons. The van der Waals surface area contributed by atoms with Crippen molar-refractivity contribution in [2.24, 2.45) is 5.10 Å². The molecule has 0 aliphatic carbocycles. The minimum atomic E-state index is 0.317. The van der Waals surface area contributed by atoms with Crippen molar-refractivity contribution in [1.82, 2.24) is 14.9 Å². The van der Waals surface area contributed by atoms with Crippen LogP contribution in [0.15, 0.2) is 41.5 Å². The molecule has 2 aromatic carbocycles. The third-order valence-corrected chi connectivity index (χ3v) is 4.47. The number of halogens is 4. The molecule has 0 radical (unpaired) electrons. The number of nitrogens with zero attached hydrogens (tertiary/aromatic N) is 3. The Kier molecular flexibility index (Phi) is 5.27. The Hall–Kier alpha value is -1.37. The van der Waals surface area contributed by atoms with E-state index < -0.39 is 0 Å². The average Bonchev–Trinajstić information content (AvgIpc) is 2.87. The van der Waals surface area contributed by atoms with Crippen LogP contribution in [0, 0.1) is 4.77 Å². The van der Waals surface area contributed by atoms with Gasteiger partial charge in [-0.3, -0.25) is 0 Å². The van der Waals surface area contributed by atoms with E-state index in [0.717, 1.165) is 0 Å². The van der Waals surface area contributed by atoms with Gasteiger partial charge in [-0.1, -0.05) is 52.5 Å². The Labute approximate surface area is 162 Å². The van der Waals surface area contributed by atoms with Gasteiger partial charge in [0.05, 0.1) is 16.3 Å². The highest BCUT2D eigenvalue weighted by atomic mass is 35.5. The third-order valence-electron chi connectivity index (χ3n) is 3.10. The first-order chi connectivity index (χ1) is 11.5. The summed E-state index contributed by atoms with van der Waals surface area (Å²) in [5.41, 5.74) is 1.34. The number of hydrogen-bond donors (Lipinski definition) is 1. The van der Waals surface area contributed by atoms with Crippen LogP contribution in [0.3, 0.4) is 0 Å². The highest BCUT2D eigenvalue weighted by Gasteiger charge is 2.12. The first-order valence-corrected chi connectivity index (χ1v) is 8.50. The van der Waals surface area contributed by atoms with Gasteiger partial charge >= 0.3 is 0 Å². The second-order valence-electron chi connectivity index (χ2n) is 4.70. The van der Waals surface area contributed by atoms with Crippen molar-refractivity contribution in [3.05, 3.63) is 66.8 Å². The minimum Gasteiger partial charge on any atom is -0.250 e. The van der Waals surface area contributed by atoms with Gasteiger partial charge in [0.15, 0.2) is 5.82 Å². The molecule has 1 N–H and O–H groups in total. The van der Waals surface area contributed by atoms with Crippen molar-refractivity contribution in [1.29, 1.82) is 0 Å². The zero-order valence-corrected chi connectivity index (χ0v) is 15.6. The van der Waals surface area contributed by atoms with Crippen LogP contribution in [0.2, 0.25) is 20.1 Å². The SMILES string of the molecule is S=c1[nH]nc(-c2ccc(Cl)cc2Cl)n1/N=C/c1ccc(Cl)cc1Cl. The molecule has 1 heterocycles. The molecule has 0 spiro atoms. The summed E-state index contributed by atoms with van der Waals surface area (Å²) in [5, 5.41) is 13.2. The number of H-pyrrole nitrogens is 1. The summed E-state index contributed by atoms with van der Waals surface area (Å²) in [7, 11) is 0. The van der Waals surface area contributed by atoms with E-state index in [1.807, 2.05) is 0 Å². The van der Waals surface area contributed by atoms with Crippen molar-refractivity contribution in [3.8, 4) is 11.4 Å². The summed E-state index contributed by atoms with van der Waals surface area (Å²) >= 11 is 29.4. The first kappa shape index (κ1) is 17.5. The molecule has 0 amide bonds. The van der Waals surface area contributed by atoms with E-state index >= 15 is 0 Å². The second-order valence-corrected chi connectivity index (χ2v) is 6.77. The van der Waals surface area contributed by atoms with Crippen LogP contribution in [0.1, 0.15) is 5.56 Å². The van der Waals surface area contributed by atoms with Crippen LogP contribution in [0.5, 0.6) is 0 Å². The average molecular weight is 418 g/mol. The van der Waals surface area contributed by atoms with E-state index in [0.29, 0.717) is 41.8 Å². The molecular weight excluding hydrogens is 410 g/mol. The summed E-state index contributed by atoms with van der Waals surface area (Å²) in [4.78, 5) is 0. The standard InChI is InChI=1S/C15H8Cl4N4S/c16-9-2-1-8(12(18)5-9)7-20-23-14(21-22-15(23)24)11-4-3-10(17)6-13(11)19/h1-7H,(H,22,24)/b20-7+. The molecule has 0 atom stereocenters. The predicted molar refractivity (Wildman–Crippen MR) is 102 cm³/mol. The van der Waals surface area contributed by atoms with Crippen LogP contribution in [0.25, 0.3) is 11.4 Å². The normalized spacial score (nSPS) is 11.3. The lowest BCUT2D eigenvalue weighted by atomic mass is 10.2. The number of aromatic amines is 1. The monoisotopic (exact) mass is 416 g/mol. The Morgan fingerprint density at radius 1 is 1.00 bits per heavy atom. The van der Waals surface area contributed by atoms with Crippen LogP contribution >= 0.6 is 58.6 Å². The zero-order chi connectivity index (χ0) is 17.3. The number of nitrogens with one attached hydrogen (secondary N) is 1. The molecule has 0 saturated heterocycles. The van der Waals surface area contributed by atoms with E-state index in [1.165, 1.54) is 4.68 Å². The lowest BCUT2D eigenvalue weighted by Crippen LogP contribution is -1.96. The Morgan fingerprint density at radius 3 is 2.33 bits per heavy atom. The molecule has 3 rings (SSSR count). The van der Waals surface area contributed by atoms with Crippen LogP contribution in [-0.4, -0.2) is 21.1 Å². The van der Waals surface area contributed by atoms with Crippen molar-refractivity contribution < 1.29 is 0 Å². The fraction of sp³-hybridized carbons (Fsp3) is 0. The van der Waals surface area contributed by atoms with Crippen molar-refractivity contribution >= 4 is 64.8 Å². The first-order valence-electron chi connectivity index (χ1n) is 6.58. The van der Waals surface area contributed by atoms with Gasteiger partial charge in [0, 0.05) is 21.2 Å². The van der Waals surface area contributed by atoms with Gasteiger partial charge < -0.3 is 0 Å². The third kappa shape index (κ3) is 3.66. The van der Waals surface area contributed by atoms with Gasteiger partial charge in [-0.2, -0.15) is 14.9 Å². The molecule has 0 aliphatic heterocycles. The predicted octanol–water partition coefficient (Wildman–Crippen LogP) is 6.10. The highest BCUT2D eigenvalue weighted by Crippen LogP contribution is 2.29. The molecule has 0 unspecified atom stereocenters. The second kappa shape index (κ2) is 7.25. The lowest BCUT2D eigenvalue weighted by Gasteiger charge is -2.04. The number of benzene rings is 2. The van der Waals surface area contributed by atoms with Gasteiger partial charge in [-0.15, -0.1) is 0 Å². The maximum Gasteiger partial charge on any atom is 0.216 e. The maximum absolute atomic E-state index is 6.23. The number of aromatic nitrogens is 3. The smallest absolute Gasteiger partial charge is 0.216 e. The van der Waals surface area contributed by atoms with E-state index in [2.05, 4.69) is 15.3 Å².